The average molecular weight is 334 g/mol. The van der Waals surface area contributed by atoms with Crippen LogP contribution in [-0.4, -0.2) is 16.5 Å². The SMILES string of the molecule is O=C1SC(Nc2cccc3ccccc23)C(=O)N1c1ccccc1. The molecular weight excluding hydrogens is 320 g/mol. The first-order chi connectivity index (χ1) is 11.7. The van der Waals surface area contributed by atoms with E-state index < -0.39 is 5.37 Å². The maximum Gasteiger partial charge on any atom is 0.295 e. The molecule has 4 nitrogen and oxygen atoms in total. The van der Waals surface area contributed by atoms with Gasteiger partial charge in [0.1, 0.15) is 0 Å². The lowest BCUT2D eigenvalue weighted by molar-refractivity contribution is -0.116. The molecule has 1 aliphatic heterocycles. The van der Waals surface area contributed by atoms with Gasteiger partial charge in [0, 0.05) is 11.1 Å². The number of rotatable bonds is 3. The van der Waals surface area contributed by atoms with Crippen molar-refractivity contribution < 1.29 is 9.59 Å². The number of amides is 2. The summed E-state index contributed by atoms with van der Waals surface area (Å²) in [5.74, 6) is -0.246. The lowest BCUT2D eigenvalue weighted by Gasteiger charge is -2.15. The highest BCUT2D eigenvalue weighted by molar-refractivity contribution is 8.16. The van der Waals surface area contributed by atoms with Crippen molar-refractivity contribution in [3.8, 4) is 0 Å². The van der Waals surface area contributed by atoms with Gasteiger partial charge in [0.05, 0.1) is 5.69 Å². The van der Waals surface area contributed by atoms with Crippen LogP contribution >= 0.6 is 11.8 Å². The van der Waals surface area contributed by atoms with Crippen molar-refractivity contribution in [1.29, 1.82) is 0 Å². The Balaban J connectivity index is 1.64. The van der Waals surface area contributed by atoms with E-state index in [4.69, 9.17) is 0 Å². The van der Waals surface area contributed by atoms with Crippen molar-refractivity contribution in [2.75, 3.05) is 10.2 Å². The zero-order valence-electron chi connectivity index (χ0n) is 12.7. The molecule has 3 aromatic rings. The number of nitrogens with zero attached hydrogens (tertiary/aromatic N) is 1. The summed E-state index contributed by atoms with van der Waals surface area (Å²) < 4.78 is 0. The molecule has 1 unspecified atom stereocenters. The van der Waals surface area contributed by atoms with E-state index in [1.807, 2.05) is 60.7 Å². The van der Waals surface area contributed by atoms with E-state index in [0.717, 1.165) is 28.2 Å². The number of nitrogens with one attached hydrogen (secondary N) is 1. The van der Waals surface area contributed by atoms with Gasteiger partial charge < -0.3 is 5.32 Å². The van der Waals surface area contributed by atoms with E-state index in [1.54, 1.807) is 12.1 Å². The smallest absolute Gasteiger partial charge is 0.295 e. The van der Waals surface area contributed by atoms with Gasteiger partial charge in [-0.1, -0.05) is 54.6 Å². The van der Waals surface area contributed by atoms with Gasteiger partial charge in [-0.2, -0.15) is 0 Å². The second-order valence-electron chi connectivity index (χ2n) is 5.44. The highest BCUT2D eigenvalue weighted by Gasteiger charge is 2.40. The van der Waals surface area contributed by atoms with E-state index in [9.17, 15) is 9.59 Å². The van der Waals surface area contributed by atoms with Crippen molar-refractivity contribution in [2.45, 2.75) is 5.37 Å². The topological polar surface area (TPSA) is 49.4 Å². The number of fused-ring (bicyclic) bond motifs is 1. The first-order valence-corrected chi connectivity index (χ1v) is 8.46. The Bertz CT molecular complexity index is 922. The Labute approximate surface area is 143 Å². The molecule has 0 spiro atoms. The van der Waals surface area contributed by atoms with Crippen molar-refractivity contribution >= 4 is 45.1 Å². The van der Waals surface area contributed by atoms with Crippen LogP contribution in [-0.2, 0) is 4.79 Å². The van der Waals surface area contributed by atoms with Crippen molar-refractivity contribution in [2.24, 2.45) is 0 Å². The summed E-state index contributed by atoms with van der Waals surface area (Å²) in [6.07, 6.45) is 0. The van der Waals surface area contributed by atoms with Gasteiger partial charge in [-0.3, -0.25) is 9.59 Å². The third kappa shape index (κ3) is 2.53. The summed E-state index contributed by atoms with van der Waals surface area (Å²) >= 11 is 1.01. The molecule has 1 saturated heterocycles. The summed E-state index contributed by atoms with van der Waals surface area (Å²) in [6.45, 7) is 0. The third-order valence-electron chi connectivity index (χ3n) is 3.94. The van der Waals surface area contributed by atoms with E-state index >= 15 is 0 Å². The molecular formula is C19H14N2O2S. The largest absolute Gasteiger partial charge is 0.365 e. The fraction of sp³-hybridized carbons (Fsp3) is 0.0526. The number of hydrogen-bond donors (Lipinski definition) is 1. The number of hydrogen-bond acceptors (Lipinski definition) is 4. The van der Waals surface area contributed by atoms with Crippen LogP contribution in [0.5, 0.6) is 0 Å². The molecule has 0 radical (unpaired) electrons. The van der Waals surface area contributed by atoms with Gasteiger partial charge >= 0.3 is 0 Å². The molecule has 0 saturated carbocycles. The monoisotopic (exact) mass is 334 g/mol. The van der Waals surface area contributed by atoms with Crippen molar-refractivity contribution in [3.05, 3.63) is 72.8 Å². The number of benzene rings is 3. The predicted octanol–water partition coefficient (Wildman–Crippen LogP) is 4.48. The van der Waals surface area contributed by atoms with E-state index in [-0.39, 0.29) is 11.1 Å². The first kappa shape index (κ1) is 14.8. The Morgan fingerprint density at radius 1 is 0.833 bits per heavy atom. The molecule has 1 aliphatic rings. The fourth-order valence-corrected chi connectivity index (χ4v) is 3.70. The molecule has 24 heavy (non-hydrogen) atoms. The Morgan fingerprint density at radius 2 is 1.54 bits per heavy atom. The minimum atomic E-state index is -0.622. The molecule has 3 aromatic carbocycles. The van der Waals surface area contributed by atoms with Crippen LogP contribution < -0.4 is 10.2 Å². The zero-order chi connectivity index (χ0) is 16.5. The van der Waals surface area contributed by atoms with Crippen molar-refractivity contribution in [1.82, 2.24) is 0 Å². The average Bonchev–Trinajstić information content (AvgIpc) is 2.90. The quantitative estimate of drug-likeness (QED) is 0.767. The fourth-order valence-electron chi connectivity index (χ4n) is 2.80. The Morgan fingerprint density at radius 3 is 2.38 bits per heavy atom. The molecule has 2 amide bonds. The van der Waals surface area contributed by atoms with Crippen LogP contribution in [0.3, 0.4) is 0 Å². The highest BCUT2D eigenvalue weighted by atomic mass is 32.2. The predicted molar refractivity (Wildman–Crippen MR) is 98.3 cm³/mol. The molecule has 4 rings (SSSR count). The van der Waals surface area contributed by atoms with Crippen LogP contribution in [0.1, 0.15) is 0 Å². The normalized spacial score (nSPS) is 17.5. The molecule has 1 N–H and O–H groups in total. The number of para-hydroxylation sites is 1. The summed E-state index contributed by atoms with van der Waals surface area (Å²) in [7, 11) is 0. The van der Waals surface area contributed by atoms with Crippen LogP contribution in [0.2, 0.25) is 0 Å². The third-order valence-corrected chi connectivity index (χ3v) is 4.88. The summed E-state index contributed by atoms with van der Waals surface area (Å²) in [5.41, 5.74) is 1.45. The maximum absolute atomic E-state index is 12.7. The molecule has 118 valence electrons. The first-order valence-electron chi connectivity index (χ1n) is 7.58. The molecule has 1 atom stereocenters. The number of anilines is 2. The van der Waals surface area contributed by atoms with Gasteiger partial charge in [-0.05, 0) is 35.3 Å². The highest BCUT2D eigenvalue weighted by Crippen LogP contribution is 2.33. The van der Waals surface area contributed by atoms with Crippen LogP contribution in [0.15, 0.2) is 72.8 Å². The van der Waals surface area contributed by atoms with Gasteiger partial charge in [-0.25, -0.2) is 4.90 Å². The minimum absolute atomic E-state index is 0.246. The maximum atomic E-state index is 12.7. The number of carbonyl (C=O) groups excluding carboxylic acids is 2. The molecule has 0 aromatic heterocycles. The van der Waals surface area contributed by atoms with Gasteiger partial charge in [0.25, 0.3) is 11.1 Å². The number of thioether (sulfide) groups is 1. The van der Waals surface area contributed by atoms with Crippen LogP contribution in [0, 0.1) is 0 Å². The van der Waals surface area contributed by atoms with E-state index in [0.29, 0.717) is 5.69 Å². The second kappa shape index (κ2) is 6.02. The molecule has 1 heterocycles. The van der Waals surface area contributed by atoms with Gasteiger partial charge in [-0.15, -0.1) is 0 Å². The van der Waals surface area contributed by atoms with Crippen LogP contribution in [0.4, 0.5) is 16.2 Å². The summed E-state index contributed by atoms with van der Waals surface area (Å²) in [4.78, 5) is 26.2. The van der Waals surface area contributed by atoms with Crippen LogP contribution in [0.25, 0.3) is 10.8 Å². The lowest BCUT2D eigenvalue weighted by Crippen LogP contribution is -2.34. The van der Waals surface area contributed by atoms with Crippen molar-refractivity contribution in [3.63, 3.8) is 0 Å². The lowest BCUT2D eigenvalue weighted by atomic mass is 10.1. The zero-order valence-corrected chi connectivity index (χ0v) is 13.5. The second-order valence-corrected chi connectivity index (χ2v) is 6.50. The molecule has 1 fully saturated rings. The van der Waals surface area contributed by atoms with E-state index in [2.05, 4.69) is 5.32 Å². The Hall–Kier alpha value is -2.79. The van der Waals surface area contributed by atoms with E-state index in [1.165, 1.54) is 4.90 Å². The molecule has 0 bridgehead atoms. The standard InChI is InChI=1S/C19H14N2O2S/c22-18-17(24-19(23)21(18)14-9-2-1-3-10-14)20-16-12-6-8-13-7-4-5-11-15(13)16/h1-12,17,20H. The molecule has 5 heteroatoms. The number of imide groups is 1. The summed E-state index contributed by atoms with van der Waals surface area (Å²) in [6, 6.07) is 22.8. The summed E-state index contributed by atoms with van der Waals surface area (Å²) in [5, 5.41) is 4.45. The Kier molecular flexibility index (Phi) is 3.70. The number of carbonyl (C=O) groups is 2. The minimum Gasteiger partial charge on any atom is -0.365 e. The van der Waals surface area contributed by atoms with Gasteiger partial charge in [0.2, 0.25) is 0 Å². The molecule has 0 aliphatic carbocycles. The van der Waals surface area contributed by atoms with Gasteiger partial charge in [0.15, 0.2) is 5.37 Å².